The number of aromatic nitrogens is 4. The molecule has 10 rings (SSSR count). The molecule has 50 heavy (non-hydrogen) atoms. The number of benzene rings is 7. The molecule has 0 saturated carbocycles. The second-order valence-corrected chi connectivity index (χ2v) is 12.2. The number of furan rings is 1. The van der Waals surface area contributed by atoms with Gasteiger partial charge in [-0.1, -0.05) is 121 Å². The summed E-state index contributed by atoms with van der Waals surface area (Å²) in [7, 11) is 0. The van der Waals surface area contributed by atoms with E-state index in [-0.39, 0.29) is 0 Å². The highest BCUT2D eigenvalue weighted by Crippen LogP contribution is 2.43. The van der Waals surface area contributed by atoms with E-state index in [1.165, 1.54) is 0 Å². The zero-order chi connectivity index (χ0) is 33.0. The molecule has 0 unspecified atom stereocenters. The maximum Gasteiger partial charge on any atom is 0.227 e. The number of hydrogen-bond acceptors (Lipinski definition) is 6. The standard InChI is InChI=1S/C44H26N4O2/c1-4-13-27(14-5-1)41-46-42(28-15-6-2-7-16-28)48-43(47-41)32-20-12-19-30(25-32)34-26-31-23-24-36-38(33-21-10-11-22-35(33)49-36)37(31)40-39(34)45-44(50-40)29-17-8-3-9-18-29/h1-26H. The van der Waals surface area contributed by atoms with Gasteiger partial charge in [0.25, 0.3) is 0 Å². The summed E-state index contributed by atoms with van der Waals surface area (Å²) >= 11 is 0. The zero-order valence-corrected chi connectivity index (χ0v) is 26.6. The van der Waals surface area contributed by atoms with Gasteiger partial charge in [0.05, 0.1) is 0 Å². The van der Waals surface area contributed by atoms with E-state index in [0.29, 0.717) is 23.4 Å². The van der Waals surface area contributed by atoms with Crippen molar-refractivity contribution in [1.82, 2.24) is 19.9 Å². The van der Waals surface area contributed by atoms with E-state index in [4.69, 9.17) is 28.8 Å². The molecular weight excluding hydrogens is 617 g/mol. The molecule has 234 valence electrons. The van der Waals surface area contributed by atoms with Gasteiger partial charge in [0.1, 0.15) is 16.7 Å². The van der Waals surface area contributed by atoms with Gasteiger partial charge >= 0.3 is 0 Å². The summed E-state index contributed by atoms with van der Waals surface area (Å²) in [5.74, 6) is 2.39. The first kappa shape index (κ1) is 28.1. The van der Waals surface area contributed by atoms with Crippen molar-refractivity contribution >= 4 is 43.8 Å². The van der Waals surface area contributed by atoms with E-state index >= 15 is 0 Å². The number of fused-ring (bicyclic) bond motifs is 7. The van der Waals surface area contributed by atoms with Crippen LogP contribution < -0.4 is 0 Å². The van der Waals surface area contributed by atoms with Crippen LogP contribution in [0.5, 0.6) is 0 Å². The number of para-hydroxylation sites is 1. The molecule has 0 amide bonds. The normalized spacial score (nSPS) is 11.6. The molecular formula is C44H26N4O2. The fourth-order valence-electron chi connectivity index (χ4n) is 6.78. The molecule has 0 bridgehead atoms. The second-order valence-electron chi connectivity index (χ2n) is 12.2. The molecule has 0 radical (unpaired) electrons. The highest BCUT2D eigenvalue weighted by molar-refractivity contribution is 6.26. The van der Waals surface area contributed by atoms with Gasteiger partial charge in [0.15, 0.2) is 23.1 Å². The van der Waals surface area contributed by atoms with E-state index in [1.54, 1.807) is 0 Å². The molecule has 0 aliphatic heterocycles. The summed E-state index contributed by atoms with van der Waals surface area (Å²) in [5, 5.41) is 4.08. The van der Waals surface area contributed by atoms with Crippen molar-refractivity contribution in [3.05, 3.63) is 158 Å². The third kappa shape index (κ3) is 4.65. The van der Waals surface area contributed by atoms with Gasteiger partial charge < -0.3 is 8.83 Å². The molecule has 0 fully saturated rings. The lowest BCUT2D eigenvalue weighted by molar-refractivity contribution is 0.623. The van der Waals surface area contributed by atoms with E-state index in [1.807, 2.05) is 127 Å². The Kier molecular flexibility index (Phi) is 6.39. The maximum atomic E-state index is 6.71. The maximum absolute atomic E-state index is 6.71. The first-order chi connectivity index (χ1) is 24.8. The van der Waals surface area contributed by atoms with Crippen LogP contribution in [-0.2, 0) is 0 Å². The zero-order valence-electron chi connectivity index (χ0n) is 26.6. The van der Waals surface area contributed by atoms with Gasteiger partial charge in [0.2, 0.25) is 5.89 Å². The Balaban J connectivity index is 1.21. The Bertz CT molecular complexity index is 2800. The predicted molar refractivity (Wildman–Crippen MR) is 199 cm³/mol. The first-order valence-electron chi connectivity index (χ1n) is 16.5. The van der Waals surface area contributed by atoms with Gasteiger partial charge in [-0.05, 0) is 47.3 Å². The monoisotopic (exact) mass is 642 g/mol. The summed E-state index contributed by atoms with van der Waals surface area (Å²) < 4.78 is 13.0. The van der Waals surface area contributed by atoms with Crippen molar-refractivity contribution in [2.75, 3.05) is 0 Å². The van der Waals surface area contributed by atoms with Crippen LogP contribution in [0.4, 0.5) is 0 Å². The van der Waals surface area contributed by atoms with Gasteiger partial charge in [-0.15, -0.1) is 0 Å². The van der Waals surface area contributed by atoms with Crippen LogP contribution in [0.25, 0.3) is 101 Å². The molecule has 0 N–H and O–H groups in total. The quantitative estimate of drug-likeness (QED) is 0.186. The fraction of sp³-hybridized carbons (Fsp3) is 0. The Morgan fingerprint density at radius 2 is 0.960 bits per heavy atom. The molecule has 0 spiro atoms. The SMILES string of the molecule is c1ccc(-c2nc(-c3ccccc3)nc(-c3cccc(-c4cc5ccc6oc7ccccc7c6c5c5oc(-c6ccccc6)nc45)c3)n2)cc1. The molecule has 7 aromatic carbocycles. The molecule has 3 heterocycles. The number of hydrogen-bond donors (Lipinski definition) is 0. The Labute approximate surface area is 286 Å². The predicted octanol–water partition coefficient (Wildman–Crippen LogP) is 11.4. The molecule has 10 aromatic rings. The second kappa shape index (κ2) is 11.4. The minimum Gasteiger partial charge on any atom is -0.456 e. The summed E-state index contributed by atoms with van der Waals surface area (Å²) in [5.41, 5.74) is 8.70. The largest absolute Gasteiger partial charge is 0.456 e. The lowest BCUT2D eigenvalue weighted by atomic mass is 9.95. The highest BCUT2D eigenvalue weighted by Gasteiger charge is 2.21. The van der Waals surface area contributed by atoms with Crippen molar-refractivity contribution in [2.45, 2.75) is 0 Å². The van der Waals surface area contributed by atoms with Gasteiger partial charge in [0, 0.05) is 44.0 Å². The number of rotatable bonds is 5. The third-order valence-electron chi connectivity index (χ3n) is 9.14. The average Bonchev–Trinajstić information content (AvgIpc) is 3.81. The topological polar surface area (TPSA) is 77.8 Å². The smallest absolute Gasteiger partial charge is 0.227 e. The van der Waals surface area contributed by atoms with Crippen LogP contribution in [0.2, 0.25) is 0 Å². The van der Waals surface area contributed by atoms with Crippen LogP contribution in [0, 0.1) is 0 Å². The van der Waals surface area contributed by atoms with Gasteiger partial charge in [-0.25, -0.2) is 19.9 Å². The molecule has 3 aromatic heterocycles. The van der Waals surface area contributed by atoms with E-state index in [0.717, 1.165) is 77.2 Å². The number of oxazole rings is 1. The van der Waals surface area contributed by atoms with Crippen LogP contribution >= 0.6 is 0 Å². The van der Waals surface area contributed by atoms with Crippen molar-refractivity contribution in [3.8, 4) is 56.7 Å². The van der Waals surface area contributed by atoms with Crippen molar-refractivity contribution in [2.24, 2.45) is 0 Å². The van der Waals surface area contributed by atoms with Gasteiger partial charge in [-0.2, -0.15) is 0 Å². The van der Waals surface area contributed by atoms with Crippen molar-refractivity contribution in [1.29, 1.82) is 0 Å². The first-order valence-corrected chi connectivity index (χ1v) is 16.5. The van der Waals surface area contributed by atoms with Crippen LogP contribution in [0.1, 0.15) is 0 Å². The van der Waals surface area contributed by atoms with E-state index < -0.39 is 0 Å². The molecule has 6 nitrogen and oxygen atoms in total. The summed E-state index contributed by atoms with van der Waals surface area (Å²) in [6, 6.07) is 52.8. The lowest BCUT2D eigenvalue weighted by Gasteiger charge is -2.10. The Morgan fingerprint density at radius 1 is 0.380 bits per heavy atom. The van der Waals surface area contributed by atoms with Crippen LogP contribution in [-0.4, -0.2) is 19.9 Å². The van der Waals surface area contributed by atoms with Gasteiger partial charge in [-0.3, -0.25) is 0 Å². The van der Waals surface area contributed by atoms with Crippen LogP contribution in [0.3, 0.4) is 0 Å². The van der Waals surface area contributed by atoms with Crippen molar-refractivity contribution < 1.29 is 8.83 Å². The Morgan fingerprint density at radius 3 is 1.66 bits per heavy atom. The van der Waals surface area contributed by atoms with Crippen molar-refractivity contribution in [3.63, 3.8) is 0 Å². The molecule has 6 heteroatoms. The molecule has 0 saturated heterocycles. The van der Waals surface area contributed by atoms with E-state index in [9.17, 15) is 0 Å². The fourth-order valence-corrected chi connectivity index (χ4v) is 6.78. The minimum absolute atomic E-state index is 0.563. The van der Waals surface area contributed by atoms with E-state index in [2.05, 4.69) is 30.3 Å². The lowest BCUT2D eigenvalue weighted by Crippen LogP contribution is -2.00. The van der Waals surface area contributed by atoms with Crippen LogP contribution in [0.15, 0.2) is 167 Å². The summed E-state index contributed by atoms with van der Waals surface area (Å²) in [6.07, 6.45) is 0. The minimum atomic E-state index is 0.563. The summed E-state index contributed by atoms with van der Waals surface area (Å²) in [4.78, 5) is 20.0. The summed E-state index contributed by atoms with van der Waals surface area (Å²) in [6.45, 7) is 0. The third-order valence-corrected chi connectivity index (χ3v) is 9.14. The molecule has 0 atom stereocenters. The average molecular weight is 643 g/mol. The molecule has 0 aliphatic rings. The Hall–Kier alpha value is -6.92. The number of nitrogens with zero attached hydrogens (tertiary/aromatic N) is 4. The molecule has 0 aliphatic carbocycles. The highest BCUT2D eigenvalue weighted by atomic mass is 16.3.